The Kier molecular flexibility index (Phi) is 5.03. The highest BCUT2D eigenvalue weighted by atomic mass is 16.2. The molecule has 0 bridgehead atoms. The third-order valence-corrected chi connectivity index (χ3v) is 5.08. The molecule has 6 heteroatoms. The zero-order chi connectivity index (χ0) is 19.0. The topological polar surface area (TPSA) is 58.4 Å². The van der Waals surface area contributed by atoms with Crippen LogP contribution in [0, 0.1) is 0 Å². The maximum Gasteiger partial charge on any atom is 0.243 e. The summed E-state index contributed by atoms with van der Waals surface area (Å²) >= 11 is 0. The van der Waals surface area contributed by atoms with Gasteiger partial charge in [-0.15, -0.1) is 0 Å². The summed E-state index contributed by atoms with van der Waals surface area (Å²) in [5.74, 6) is 1.08. The number of hydrogen-bond acceptors (Lipinski definition) is 3. The molecule has 0 spiro atoms. The molecule has 0 radical (unpaired) electrons. The van der Waals surface area contributed by atoms with Crippen molar-refractivity contribution in [2.75, 3.05) is 13.6 Å². The van der Waals surface area contributed by atoms with E-state index < -0.39 is 0 Å². The van der Waals surface area contributed by atoms with Crippen LogP contribution in [0.3, 0.4) is 0 Å². The van der Waals surface area contributed by atoms with Gasteiger partial charge >= 0.3 is 0 Å². The molecule has 1 aliphatic heterocycles. The highest BCUT2D eigenvalue weighted by molar-refractivity contribution is 5.83. The molecule has 6 nitrogen and oxygen atoms in total. The van der Waals surface area contributed by atoms with Gasteiger partial charge < -0.3 is 14.4 Å². The minimum absolute atomic E-state index is 0.0271. The van der Waals surface area contributed by atoms with E-state index in [4.69, 9.17) is 4.98 Å². The first kappa shape index (κ1) is 18.4. The number of fused-ring (bicyclic) bond motifs is 1. The lowest BCUT2D eigenvalue weighted by Gasteiger charge is -2.31. The van der Waals surface area contributed by atoms with E-state index in [1.165, 1.54) is 0 Å². The van der Waals surface area contributed by atoms with Crippen molar-refractivity contribution in [1.82, 2.24) is 19.4 Å². The number of para-hydroxylation sites is 2. The van der Waals surface area contributed by atoms with Crippen LogP contribution in [0.1, 0.15) is 45.9 Å². The molecule has 26 heavy (non-hydrogen) atoms. The van der Waals surface area contributed by atoms with Crippen LogP contribution in [-0.4, -0.2) is 56.8 Å². The molecule has 1 aliphatic rings. The molecule has 2 amide bonds. The van der Waals surface area contributed by atoms with E-state index in [2.05, 4.69) is 0 Å². The van der Waals surface area contributed by atoms with Crippen molar-refractivity contribution in [3.63, 3.8) is 0 Å². The lowest BCUT2D eigenvalue weighted by atomic mass is 10.1. The summed E-state index contributed by atoms with van der Waals surface area (Å²) in [6.07, 6.45) is 0.450. The Morgan fingerprint density at radius 1 is 1.23 bits per heavy atom. The lowest BCUT2D eigenvalue weighted by molar-refractivity contribution is -0.135. The molecule has 1 aromatic heterocycles. The Bertz CT molecular complexity index is 816. The second-order valence-corrected chi connectivity index (χ2v) is 7.71. The lowest BCUT2D eigenvalue weighted by Crippen LogP contribution is -2.43. The number of nitrogens with zero attached hydrogens (tertiary/aromatic N) is 4. The molecule has 2 heterocycles. The van der Waals surface area contributed by atoms with Crippen LogP contribution < -0.4 is 0 Å². The van der Waals surface area contributed by atoms with E-state index in [1.807, 2.05) is 68.5 Å². The third kappa shape index (κ3) is 3.32. The summed E-state index contributed by atoms with van der Waals surface area (Å²) in [7, 11) is 1.82. The quantitative estimate of drug-likeness (QED) is 0.827. The average molecular weight is 356 g/mol. The number of likely N-dealkylation sites (N-methyl/N-ethyl adjacent to an activating group) is 1. The molecule has 1 unspecified atom stereocenters. The number of rotatable bonds is 5. The van der Waals surface area contributed by atoms with Gasteiger partial charge in [-0.25, -0.2) is 4.98 Å². The number of carbonyl (C=O) groups is 2. The van der Waals surface area contributed by atoms with Gasteiger partial charge in [0, 0.05) is 38.0 Å². The zero-order valence-electron chi connectivity index (χ0n) is 16.3. The van der Waals surface area contributed by atoms with E-state index in [1.54, 1.807) is 4.90 Å². The van der Waals surface area contributed by atoms with Crippen LogP contribution in [0.25, 0.3) is 11.0 Å². The van der Waals surface area contributed by atoms with Gasteiger partial charge in [0.05, 0.1) is 11.0 Å². The number of carbonyl (C=O) groups excluding carboxylic acids is 2. The second-order valence-electron chi connectivity index (χ2n) is 7.71. The van der Waals surface area contributed by atoms with Gasteiger partial charge in [0.1, 0.15) is 12.4 Å². The first-order valence-corrected chi connectivity index (χ1v) is 9.29. The van der Waals surface area contributed by atoms with Crippen LogP contribution >= 0.6 is 0 Å². The van der Waals surface area contributed by atoms with Crippen molar-refractivity contribution in [2.24, 2.45) is 0 Å². The molecule has 3 rings (SSSR count). The molecule has 1 atom stereocenters. The largest absolute Gasteiger partial charge is 0.345 e. The number of benzene rings is 1. The Hall–Kier alpha value is -2.37. The maximum atomic E-state index is 13.0. The number of likely N-dealkylation sites (tertiary alicyclic amines) is 1. The highest BCUT2D eigenvalue weighted by Gasteiger charge is 2.33. The van der Waals surface area contributed by atoms with Crippen molar-refractivity contribution in [1.29, 1.82) is 0 Å². The summed E-state index contributed by atoms with van der Waals surface area (Å²) in [5.41, 5.74) is 1.82. The normalized spacial score (nSPS) is 17.7. The van der Waals surface area contributed by atoms with Crippen molar-refractivity contribution in [3.8, 4) is 0 Å². The first-order chi connectivity index (χ1) is 12.3. The molecule has 1 aromatic carbocycles. The summed E-state index contributed by atoms with van der Waals surface area (Å²) in [4.78, 5) is 33.5. The van der Waals surface area contributed by atoms with Crippen molar-refractivity contribution in [2.45, 2.75) is 58.7 Å². The Labute approximate surface area is 154 Å². The number of imidazole rings is 1. The Balaban J connectivity index is 2.00. The van der Waals surface area contributed by atoms with Crippen LogP contribution in [0.15, 0.2) is 24.3 Å². The average Bonchev–Trinajstić information content (AvgIpc) is 3.08. The SMILES string of the molecule is CC(C)N(C(=O)Cn1c(C2CC(=O)N(C)C2)nc2ccccc21)C(C)C. The molecule has 0 saturated carbocycles. The number of hydrogen-bond donors (Lipinski definition) is 0. The molecule has 1 saturated heterocycles. The second kappa shape index (κ2) is 7.09. The fourth-order valence-corrected chi connectivity index (χ4v) is 4.00. The van der Waals surface area contributed by atoms with Crippen LogP contribution in [0.5, 0.6) is 0 Å². The monoisotopic (exact) mass is 356 g/mol. The van der Waals surface area contributed by atoms with Crippen LogP contribution in [0.2, 0.25) is 0 Å². The molecular weight excluding hydrogens is 328 g/mol. The maximum absolute atomic E-state index is 13.0. The van der Waals surface area contributed by atoms with Gasteiger partial charge in [0.15, 0.2) is 0 Å². The van der Waals surface area contributed by atoms with E-state index >= 15 is 0 Å². The standard InChI is InChI=1S/C20H28N4O2/c1-13(2)24(14(3)4)19(26)12-23-17-9-7-6-8-16(17)21-20(23)15-10-18(25)22(5)11-15/h6-9,13-15H,10-12H2,1-5H3. The van der Waals surface area contributed by atoms with Crippen LogP contribution in [0.4, 0.5) is 0 Å². The van der Waals surface area contributed by atoms with E-state index in [-0.39, 0.29) is 36.4 Å². The van der Waals surface area contributed by atoms with Gasteiger partial charge in [-0.2, -0.15) is 0 Å². The minimum Gasteiger partial charge on any atom is -0.345 e. The summed E-state index contributed by atoms with van der Waals surface area (Å²) < 4.78 is 2.01. The Morgan fingerprint density at radius 2 is 1.88 bits per heavy atom. The van der Waals surface area contributed by atoms with E-state index in [0.717, 1.165) is 16.9 Å². The zero-order valence-corrected chi connectivity index (χ0v) is 16.3. The van der Waals surface area contributed by atoms with Gasteiger partial charge in [-0.3, -0.25) is 9.59 Å². The molecule has 140 valence electrons. The van der Waals surface area contributed by atoms with Crippen molar-refractivity contribution < 1.29 is 9.59 Å². The van der Waals surface area contributed by atoms with Gasteiger partial charge in [0.2, 0.25) is 11.8 Å². The smallest absolute Gasteiger partial charge is 0.243 e. The van der Waals surface area contributed by atoms with Crippen molar-refractivity contribution in [3.05, 3.63) is 30.1 Å². The molecule has 1 fully saturated rings. The fourth-order valence-electron chi connectivity index (χ4n) is 4.00. The minimum atomic E-state index is 0.0271. The van der Waals surface area contributed by atoms with Gasteiger partial charge in [-0.1, -0.05) is 12.1 Å². The summed E-state index contributed by atoms with van der Waals surface area (Å²) in [5, 5.41) is 0. The molecule has 0 N–H and O–H groups in total. The third-order valence-electron chi connectivity index (χ3n) is 5.08. The summed E-state index contributed by atoms with van der Waals surface area (Å²) in [6.45, 7) is 9.05. The van der Waals surface area contributed by atoms with Crippen LogP contribution in [-0.2, 0) is 16.1 Å². The fraction of sp³-hybridized carbons (Fsp3) is 0.550. The van der Waals surface area contributed by atoms with Crippen molar-refractivity contribution >= 4 is 22.8 Å². The number of aromatic nitrogens is 2. The van der Waals surface area contributed by atoms with Gasteiger partial charge in [-0.05, 0) is 39.8 Å². The number of amides is 2. The van der Waals surface area contributed by atoms with Gasteiger partial charge in [0.25, 0.3) is 0 Å². The predicted octanol–water partition coefficient (Wildman–Crippen LogP) is 2.63. The van der Waals surface area contributed by atoms with E-state index in [9.17, 15) is 9.59 Å². The summed E-state index contributed by atoms with van der Waals surface area (Å²) in [6, 6.07) is 8.15. The molecule has 2 aromatic rings. The first-order valence-electron chi connectivity index (χ1n) is 9.29. The highest BCUT2D eigenvalue weighted by Crippen LogP contribution is 2.29. The Morgan fingerprint density at radius 3 is 2.46 bits per heavy atom. The predicted molar refractivity (Wildman–Crippen MR) is 102 cm³/mol. The molecule has 0 aliphatic carbocycles. The van der Waals surface area contributed by atoms with E-state index in [0.29, 0.717) is 13.0 Å². The molecular formula is C20H28N4O2.